The first-order valence-corrected chi connectivity index (χ1v) is 9.68. The predicted octanol–water partition coefficient (Wildman–Crippen LogP) is 4.14. The molecule has 0 radical (unpaired) electrons. The van der Waals surface area contributed by atoms with Gasteiger partial charge in [-0.15, -0.1) is 0 Å². The minimum Gasteiger partial charge on any atom is -0.468 e. The summed E-state index contributed by atoms with van der Waals surface area (Å²) in [6.07, 6.45) is 3.22. The Bertz CT molecular complexity index is 819. The summed E-state index contributed by atoms with van der Waals surface area (Å²) in [5.41, 5.74) is 1.27. The molecule has 0 N–H and O–H groups in total. The Morgan fingerprint density at radius 1 is 0.862 bits per heavy atom. The van der Waals surface area contributed by atoms with E-state index in [-0.39, 0.29) is 26.2 Å². The number of hydrogen-bond acceptors (Lipinski definition) is 7. The molecule has 0 bridgehead atoms. The molecular formula is C21H23IO7. The number of methoxy groups -OCH3 is 3. The van der Waals surface area contributed by atoms with Crippen LogP contribution in [0.4, 0.5) is 0 Å². The Labute approximate surface area is 183 Å². The van der Waals surface area contributed by atoms with Crippen LogP contribution in [0.2, 0.25) is 0 Å². The normalized spacial score (nSPS) is 10.9. The van der Waals surface area contributed by atoms with Crippen molar-refractivity contribution in [1.29, 1.82) is 0 Å². The first-order chi connectivity index (χ1) is 14.1. The van der Waals surface area contributed by atoms with Gasteiger partial charge in [0.15, 0.2) is 31.9 Å². The quantitative estimate of drug-likeness (QED) is 0.183. The fourth-order valence-electron chi connectivity index (χ4n) is 2.29. The van der Waals surface area contributed by atoms with Crippen LogP contribution in [0.1, 0.15) is 15.9 Å². The van der Waals surface area contributed by atoms with E-state index in [1.54, 1.807) is 37.5 Å². The SMILES string of the molecule is COCOc1ccc(/C=C/C(=O)c2ccc(OCOC)c(I)c2OCOC)cc1. The maximum Gasteiger partial charge on any atom is 0.189 e. The van der Waals surface area contributed by atoms with Crippen LogP contribution >= 0.6 is 22.6 Å². The lowest BCUT2D eigenvalue weighted by atomic mass is 10.1. The van der Waals surface area contributed by atoms with Crippen LogP contribution in [-0.4, -0.2) is 47.5 Å². The third-order valence-electron chi connectivity index (χ3n) is 3.63. The van der Waals surface area contributed by atoms with Crippen molar-refractivity contribution in [3.05, 3.63) is 57.2 Å². The molecule has 0 atom stereocenters. The monoisotopic (exact) mass is 514 g/mol. The maximum absolute atomic E-state index is 12.8. The average molecular weight is 514 g/mol. The Morgan fingerprint density at radius 2 is 1.48 bits per heavy atom. The van der Waals surface area contributed by atoms with E-state index in [1.807, 2.05) is 12.1 Å². The highest BCUT2D eigenvalue weighted by molar-refractivity contribution is 14.1. The molecule has 0 aliphatic rings. The standard InChI is InChI=1S/C21H23IO7/c1-24-12-27-16-7-4-15(5-8-16)6-10-18(23)17-9-11-19(28-13-25-2)20(22)21(17)29-14-26-3/h4-11H,12-14H2,1-3H3/b10-6+. The van der Waals surface area contributed by atoms with Gasteiger partial charge in [0.2, 0.25) is 0 Å². The molecule has 2 rings (SSSR count). The average Bonchev–Trinajstić information content (AvgIpc) is 2.75. The van der Waals surface area contributed by atoms with Crippen molar-refractivity contribution in [2.75, 3.05) is 41.7 Å². The summed E-state index contributed by atoms with van der Waals surface area (Å²) in [5, 5.41) is 0. The van der Waals surface area contributed by atoms with E-state index >= 15 is 0 Å². The third-order valence-corrected chi connectivity index (χ3v) is 4.65. The molecule has 0 spiro atoms. The number of rotatable bonds is 12. The smallest absolute Gasteiger partial charge is 0.189 e. The molecule has 29 heavy (non-hydrogen) atoms. The molecule has 0 saturated carbocycles. The third kappa shape index (κ3) is 7.00. The van der Waals surface area contributed by atoms with Crippen molar-refractivity contribution in [3.63, 3.8) is 0 Å². The molecule has 0 aromatic heterocycles. The van der Waals surface area contributed by atoms with Crippen LogP contribution in [0, 0.1) is 3.57 Å². The number of benzene rings is 2. The van der Waals surface area contributed by atoms with Crippen LogP contribution in [0.5, 0.6) is 17.2 Å². The number of ketones is 1. The number of hydrogen-bond donors (Lipinski definition) is 0. The van der Waals surface area contributed by atoms with Gasteiger partial charge in [0.1, 0.15) is 11.5 Å². The number of allylic oxidation sites excluding steroid dienone is 1. The molecule has 0 aliphatic heterocycles. The lowest BCUT2D eigenvalue weighted by Gasteiger charge is -2.14. The summed E-state index contributed by atoms with van der Waals surface area (Å²) < 4.78 is 31.9. The minimum absolute atomic E-state index is 0.0106. The molecule has 156 valence electrons. The molecule has 0 aliphatic carbocycles. The Kier molecular flexibility index (Phi) is 9.92. The van der Waals surface area contributed by atoms with Crippen molar-refractivity contribution < 1.29 is 33.2 Å². The van der Waals surface area contributed by atoms with Crippen molar-refractivity contribution in [2.24, 2.45) is 0 Å². The Balaban J connectivity index is 2.19. The molecule has 0 unspecified atom stereocenters. The summed E-state index contributed by atoms with van der Waals surface area (Å²) in [5.74, 6) is 1.45. The summed E-state index contributed by atoms with van der Waals surface area (Å²) in [4.78, 5) is 12.8. The molecule has 0 fully saturated rings. The van der Waals surface area contributed by atoms with Gasteiger partial charge in [-0.1, -0.05) is 18.2 Å². The van der Waals surface area contributed by atoms with E-state index < -0.39 is 0 Å². The van der Waals surface area contributed by atoms with Crippen molar-refractivity contribution >= 4 is 34.5 Å². The number of halogens is 1. The zero-order chi connectivity index (χ0) is 21.1. The van der Waals surface area contributed by atoms with Gasteiger partial charge in [-0.05, 0) is 58.5 Å². The lowest BCUT2D eigenvalue weighted by molar-refractivity contribution is 0.0444. The van der Waals surface area contributed by atoms with E-state index in [1.165, 1.54) is 20.3 Å². The van der Waals surface area contributed by atoms with E-state index in [9.17, 15) is 4.79 Å². The van der Waals surface area contributed by atoms with Crippen molar-refractivity contribution in [1.82, 2.24) is 0 Å². The van der Waals surface area contributed by atoms with Gasteiger partial charge in [0.05, 0.1) is 9.13 Å². The van der Waals surface area contributed by atoms with Gasteiger partial charge in [0, 0.05) is 21.3 Å². The summed E-state index contributed by atoms with van der Waals surface area (Å²) in [6, 6.07) is 10.7. The molecule has 7 nitrogen and oxygen atoms in total. The van der Waals surface area contributed by atoms with Gasteiger partial charge >= 0.3 is 0 Å². The van der Waals surface area contributed by atoms with E-state index in [0.29, 0.717) is 26.4 Å². The molecule has 0 saturated heterocycles. The van der Waals surface area contributed by atoms with Crippen LogP contribution in [0.25, 0.3) is 6.08 Å². The summed E-state index contributed by atoms with van der Waals surface area (Å²) >= 11 is 2.07. The first-order valence-electron chi connectivity index (χ1n) is 8.61. The summed E-state index contributed by atoms with van der Waals surface area (Å²) in [6.45, 7) is 0.286. The number of carbonyl (C=O) groups excluding carboxylic acids is 1. The second-order valence-corrected chi connectivity index (χ2v) is 6.75. The maximum atomic E-state index is 12.8. The molecule has 2 aromatic rings. The van der Waals surface area contributed by atoms with Crippen molar-refractivity contribution in [3.8, 4) is 17.2 Å². The van der Waals surface area contributed by atoms with Gasteiger partial charge in [-0.25, -0.2) is 0 Å². The molecule has 2 aromatic carbocycles. The highest BCUT2D eigenvalue weighted by atomic mass is 127. The van der Waals surface area contributed by atoms with Crippen LogP contribution in [0.15, 0.2) is 42.5 Å². The van der Waals surface area contributed by atoms with Crippen molar-refractivity contribution in [2.45, 2.75) is 0 Å². The Hall–Kier alpha value is -2.14. The van der Waals surface area contributed by atoms with Gasteiger partial charge in [0.25, 0.3) is 0 Å². The fourth-order valence-corrected chi connectivity index (χ4v) is 3.07. The molecular weight excluding hydrogens is 491 g/mol. The molecule has 0 amide bonds. The minimum atomic E-state index is -0.202. The first kappa shape index (κ1) is 23.1. The largest absolute Gasteiger partial charge is 0.468 e. The van der Waals surface area contributed by atoms with Crippen LogP contribution in [-0.2, 0) is 14.2 Å². The van der Waals surface area contributed by atoms with Gasteiger partial charge < -0.3 is 28.4 Å². The predicted molar refractivity (Wildman–Crippen MR) is 116 cm³/mol. The lowest BCUT2D eigenvalue weighted by Crippen LogP contribution is -2.08. The molecule has 0 heterocycles. The van der Waals surface area contributed by atoms with Crippen LogP contribution < -0.4 is 14.2 Å². The zero-order valence-electron chi connectivity index (χ0n) is 16.5. The zero-order valence-corrected chi connectivity index (χ0v) is 18.6. The van der Waals surface area contributed by atoms with Crippen LogP contribution in [0.3, 0.4) is 0 Å². The second kappa shape index (κ2) is 12.4. The van der Waals surface area contributed by atoms with E-state index in [4.69, 9.17) is 28.4 Å². The van der Waals surface area contributed by atoms with Gasteiger partial charge in [-0.3, -0.25) is 4.79 Å². The van der Waals surface area contributed by atoms with E-state index in [0.717, 1.165) is 5.56 Å². The highest BCUT2D eigenvalue weighted by Crippen LogP contribution is 2.34. The Morgan fingerprint density at radius 3 is 2.14 bits per heavy atom. The molecule has 8 heteroatoms. The summed E-state index contributed by atoms with van der Waals surface area (Å²) in [7, 11) is 4.61. The number of ether oxygens (including phenoxy) is 6. The fraction of sp³-hybridized carbons (Fsp3) is 0.286. The second-order valence-electron chi connectivity index (χ2n) is 5.67. The number of carbonyl (C=O) groups is 1. The highest BCUT2D eigenvalue weighted by Gasteiger charge is 2.18. The van der Waals surface area contributed by atoms with Gasteiger partial charge in [-0.2, -0.15) is 0 Å². The topological polar surface area (TPSA) is 72.5 Å². The van der Waals surface area contributed by atoms with E-state index in [2.05, 4.69) is 22.6 Å².